The fourth-order valence-electron chi connectivity index (χ4n) is 3.34. The van der Waals surface area contributed by atoms with Crippen LogP contribution in [0.25, 0.3) is 11.3 Å². The molecule has 1 aromatic heterocycles. The van der Waals surface area contributed by atoms with Crippen molar-refractivity contribution in [3.63, 3.8) is 0 Å². The lowest BCUT2D eigenvalue weighted by molar-refractivity contribution is -0.126. The fraction of sp³-hybridized carbons (Fsp3) is 0.375. The Hall–Kier alpha value is -1.20. The molecule has 0 unspecified atom stereocenters. The second-order valence-electron chi connectivity index (χ2n) is 5.74. The smallest absolute Gasteiger partial charge is 0.232 e. The number of piperidine rings is 2. The molecule has 3 heterocycles. The third kappa shape index (κ3) is 2.32. The van der Waals surface area contributed by atoms with E-state index in [1.165, 1.54) is 0 Å². The Kier molecular flexibility index (Phi) is 3.34. The maximum atomic E-state index is 12.5. The molecule has 5 rings (SSSR count). The summed E-state index contributed by atoms with van der Waals surface area (Å²) in [5.41, 5.74) is 2.05. The number of carbonyl (C=O) groups is 1. The van der Waals surface area contributed by atoms with Crippen molar-refractivity contribution >= 4 is 38.3 Å². The van der Waals surface area contributed by atoms with Gasteiger partial charge in [-0.3, -0.25) is 9.69 Å². The minimum absolute atomic E-state index is 0.232. The predicted octanol–water partition coefficient (Wildman–Crippen LogP) is 4.48. The molecule has 0 spiro atoms. The van der Waals surface area contributed by atoms with E-state index in [-0.39, 0.29) is 11.8 Å². The zero-order valence-electron chi connectivity index (χ0n) is 11.5. The van der Waals surface area contributed by atoms with E-state index in [4.69, 9.17) is 4.98 Å². The summed E-state index contributed by atoms with van der Waals surface area (Å²) in [7, 11) is 0. The second kappa shape index (κ2) is 5.21. The molecular weight excluding hydrogens is 348 g/mol. The summed E-state index contributed by atoms with van der Waals surface area (Å²) in [6, 6.07) is 8.50. The van der Waals surface area contributed by atoms with Gasteiger partial charge in [-0.25, -0.2) is 4.98 Å². The Morgan fingerprint density at radius 2 is 1.86 bits per heavy atom. The van der Waals surface area contributed by atoms with Crippen LogP contribution in [-0.2, 0) is 4.79 Å². The van der Waals surface area contributed by atoms with E-state index >= 15 is 0 Å². The number of nitrogens with zero attached hydrogens (tertiary/aromatic N) is 2. The molecular formula is C16H15BrN2OS. The molecule has 3 nitrogen and oxygen atoms in total. The first-order valence-electron chi connectivity index (χ1n) is 7.27. The van der Waals surface area contributed by atoms with Crippen molar-refractivity contribution in [1.82, 2.24) is 4.98 Å². The molecule has 5 heteroatoms. The van der Waals surface area contributed by atoms with Crippen LogP contribution in [-0.4, -0.2) is 16.9 Å². The van der Waals surface area contributed by atoms with Crippen molar-refractivity contribution in [3.05, 3.63) is 34.1 Å². The van der Waals surface area contributed by atoms with E-state index in [1.807, 2.05) is 34.5 Å². The van der Waals surface area contributed by atoms with Gasteiger partial charge in [0, 0.05) is 27.4 Å². The molecule has 3 fully saturated rings. The molecule has 2 aromatic rings. The SMILES string of the molecule is O=C1C2CCC(CC2)N1c1nc(-c2ccc(Br)cc2)cs1. The number of halogens is 1. The van der Waals surface area contributed by atoms with Crippen molar-refractivity contribution in [2.24, 2.45) is 5.92 Å². The fourth-order valence-corrected chi connectivity index (χ4v) is 4.51. The van der Waals surface area contributed by atoms with Crippen molar-refractivity contribution in [1.29, 1.82) is 0 Å². The van der Waals surface area contributed by atoms with Gasteiger partial charge >= 0.3 is 0 Å². The largest absolute Gasteiger partial charge is 0.285 e. The van der Waals surface area contributed by atoms with Crippen LogP contribution in [0.5, 0.6) is 0 Å². The van der Waals surface area contributed by atoms with Gasteiger partial charge in [-0.2, -0.15) is 0 Å². The zero-order chi connectivity index (χ0) is 14.4. The monoisotopic (exact) mass is 362 g/mol. The van der Waals surface area contributed by atoms with E-state index in [2.05, 4.69) is 15.9 Å². The highest BCUT2D eigenvalue weighted by molar-refractivity contribution is 9.10. The van der Waals surface area contributed by atoms with Crippen LogP contribution < -0.4 is 4.90 Å². The third-order valence-electron chi connectivity index (χ3n) is 4.49. The zero-order valence-corrected chi connectivity index (χ0v) is 13.9. The Morgan fingerprint density at radius 3 is 2.52 bits per heavy atom. The number of hydrogen-bond acceptors (Lipinski definition) is 3. The normalized spacial score (nSPS) is 24.6. The third-order valence-corrected chi connectivity index (χ3v) is 5.86. The number of thiazole rings is 1. The molecule has 21 heavy (non-hydrogen) atoms. The molecule has 2 bridgehead atoms. The van der Waals surface area contributed by atoms with Crippen LogP contribution in [0, 0.1) is 5.92 Å². The highest BCUT2D eigenvalue weighted by Gasteiger charge is 2.42. The van der Waals surface area contributed by atoms with Crippen LogP contribution in [0.1, 0.15) is 25.7 Å². The second-order valence-corrected chi connectivity index (χ2v) is 7.49. The van der Waals surface area contributed by atoms with Crippen LogP contribution in [0.3, 0.4) is 0 Å². The number of hydrogen-bond donors (Lipinski definition) is 0. The number of rotatable bonds is 2. The van der Waals surface area contributed by atoms with E-state index < -0.39 is 0 Å². The van der Waals surface area contributed by atoms with Gasteiger partial charge in [-0.15, -0.1) is 11.3 Å². The van der Waals surface area contributed by atoms with E-state index in [1.54, 1.807) is 11.3 Å². The lowest BCUT2D eigenvalue weighted by Crippen LogP contribution is -2.52. The Morgan fingerprint density at radius 1 is 1.14 bits per heavy atom. The number of aromatic nitrogens is 1. The molecule has 2 aliphatic heterocycles. The minimum atomic E-state index is 0.232. The maximum absolute atomic E-state index is 12.5. The first kappa shape index (κ1) is 13.5. The lowest BCUT2D eigenvalue weighted by atomic mass is 9.79. The summed E-state index contributed by atoms with van der Waals surface area (Å²) < 4.78 is 1.06. The van der Waals surface area contributed by atoms with Crippen molar-refractivity contribution < 1.29 is 4.79 Å². The first-order valence-corrected chi connectivity index (χ1v) is 8.94. The van der Waals surface area contributed by atoms with Crippen molar-refractivity contribution in [2.75, 3.05) is 4.90 Å². The molecule has 1 aromatic carbocycles. The first-order chi connectivity index (χ1) is 10.2. The van der Waals surface area contributed by atoms with E-state index in [9.17, 15) is 4.79 Å². The summed E-state index contributed by atoms with van der Waals surface area (Å²) in [4.78, 5) is 19.1. The standard InChI is InChI=1S/C16H15BrN2OS/c17-12-5-1-10(2-6-12)14-9-21-16(18-14)19-13-7-3-11(4-8-13)15(19)20/h1-2,5-6,9,11,13H,3-4,7-8H2. The molecule has 0 N–H and O–H groups in total. The predicted molar refractivity (Wildman–Crippen MR) is 88.5 cm³/mol. The van der Waals surface area contributed by atoms with Gasteiger partial charge in [0.2, 0.25) is 5.91 Å². The average Bonchev–Trinajstić information content (AvgIpc) is 2.98. The number of carbonyl (C=O) groups excluding carboxylic acids is 1. The summed E-state index contributed by atoms with van der Waals surface area (Å²) in [5, 5.41) is 2.92. The minimum Gasteiger partial charge on any atom is -0.285 e. The summed E-state index contributed by atoms with van der Waals surface area (Å²) >= 11 is 5.03. The molecule has 1 saturated carbocycles. The lowest BCUT2D eigenvalue weighted by Gasteiger charge is -2.43. The molecule has 1 aliphatic carbocycles. The van der Waals surface area contributed by atoms with Crippen molar-refractivity contribution in [3.8, 4) is 11.3 Å². The molecule has 0 atom stereocenters. The summed E-state index contributed by atoms with van der Waals surface area (Å²) in [6.07, 6.45) is 4.38. The van der Waals surface area contributed by atoms with Crippen LogP contribution in [0.2, 0.25) is 0 Å². The Bertz CT molecular complexity index is 674. The van der Waals surface area contributed by atoms with Gasteiger partial charge in [-0.05, 0) is 37.8 Å². The molecule has 2 saturated heterocycles. The summed E-state index contributed by atoms with van der Waals surface area (Å²) in [6.45, 7) is 0. The van der Waals surface area contributed by atoms with Gasteiger partial charge in [0.15, 0.2) is 5.13 Å². The number of amides is 1. The van der Waals surface area contributed by atoms with Gasteiger partial charge in [0.1, 0.15) is 0 Å². The van der Waals surface area contributed by atoms with E-state index in [0.29, 0.717) is 6.04 Å². The van der Waals surface area contributed by atoms with Crippen LogP contribution in [0.15, 0.2) is 34.1 Å². The highest BCUT2D eigenvalue weighted by Crippen LogP contribution is 2.40. The molecule has 3 aliphatic rings. The number of benzene rings is 1. The Labute approximate surface area is 136 Å². The van der Waals surface area contributed by atoms with E-state index in [0.717, 1.165) is 46.5 Å². The maximum Gasteiger partial charge on any atom is 0.232 e. The highest BCUT2D eigenvalue weighted by atomic mass is 79.9. The molecule has 1 amide bonds. The average molecular weight is 363 g/mol. The number of anilines is 1. The summed E-state index contributed by atoms with van der Waals surface area (Å²) in [5.74, 6) is 0.518. The van der Waals surface area contributed by atoms with Gasteiger partial charge in [0.05, 0.1) is 5.69 Å². The van der Waals surface area contributed by atoms with Crippen molar-refractivity contribution in [2.45, 2.75) is 31.7 Å². The van der Waals surface area contributed by atoms with Gasteiger partial charge in [-0.1, -0.05) is 28.1 Å². The Balaban J connectivity index is 1.65. The topological polar surface area (TPSA) is 33.2 Å². The van der Waals surface area contributed by atoms with Crippen LogP contribution in [0.4, 0.5) is 5.13 Å². The quantitative estimate of drug-likeness (QED) is 0.788. The van der Waals surface area contributed by atoms with Crippen LogP contribution >= 0.6 is 27.3 Å². The number of fused-ring (bicyclic) bond motifs is 3. The van der Waals surface area contributed by atoms with Gasteiger partial charge in [0.25, 0.3) is 0 Å². The molecule has 0 radical (unpaired) electrons. The van der Waals surface area contributed by atoms with Gasteiger partial charge < -0.3 is 0 Å². The molecule has 108 valence electrons.